The second-order valence-electron chi connectivity index (χ2n) is 8.44. The van der Waals surface area contributed by atoms with Crippen LogP contribution in [0.15, 0.2) is 47.7 Å². The Kier molecular flexibility index (Phi) is 7.49. The molecule has 1 aromatic carbocycles. The number of benzene rings is 1. The number of carbonyl (C=O) groups is 1. The van der Waals surface area contributed by atoms with Crippen LogP contribution in [0.5, 0.6) is 0 Å². The van der Waals surface area contributed by atoms with Gasteiger partial charge < -0.3 is 15.5 Å². The number of amides is 1. The number of nitrogens with one attached hydrogen (secondary N) is 2. The molecule has 2 N–H and O–H groups in total. The van der Waals surface area contributed by atoms with E-state index in [4.69, 9.17) is 0 Å². The van der Waals surface area contributed by atoms with Crippen molar-refractivity contribution in [2.45, 2.75) is 52.6 Å². The number of aliphatic imine (C=N–C) groups is 1. The number of anilines is 1. The van der Waals surface area contributed by atoms with Crippen LogP contribution in [0.3, 0.4) is 0 Å². The van der Waals surface area contributed by atoms with E-state index in [0.717, 1.165) is 30.3 Å². The summed E-state index contributed by atoms with van der Waals surface area (Å²) < 4.78 is 1.61. The normalized spacial score (nSPS) is 19.6. The zero-order chi connectivity index (χ0) is 21.4. The summed E-state index contributed by atoms with van der Waals surface area (Å²) in [6, 6.07) is 9.72. The van der Waals surface area contributed by atoms with E-state index in [0.29, 0.717) is 12.0 Å². The van der Waals surface area contributed by atoms with Crippen molar-refractivity contribution in [3.8, 4) is 0 Å². The Morgan fingerprint density at radius 1 is 1.33 bits per heavy atom. The van der Waals surface area contributed by atoms with Crippen LogP contribution in [0.4, 0.5) is 5.69 Å². The second-order valence-corrected chi connectivity index (χ2v) is 8.44. The van der Waals surface area contributed by atoms with Crippen molar-refractivity contribution in [2.75, 3.05) is 25.5 Å². The molecule has 1 fully saturated rings. The smallest absolute Gasteiger partial charge is 0.246 e. The quantitative estimate of drug-likeness (QED) is 0.541. The highest BCUT2D eigenvalue weighted by Gasteiger charge is 2.31. The van der Waals surface area contributed by atoms with Crippen molar-refractivity contribution in [1.29, 1.82) is 0 Å². The number of carbonyl (C=O) groups excluding carboxylic acids is 1. The summed E-state index contributed by atoms with van der Waals surface area (Å²) in [5.41, 5.74) is 2.25. The monoisotopic (exact) mass is 410 g/mol. The molecule has 1 atom stereocenters. The van der Waals surface area contributed by atoms with Crippen molar-refractivity contribution in [3.05, 3.63) is 48.3 Å². The van der Waals surface area contributed by atoms with E-state index in [1.807, 2.05) is 25.2 Å². The van der Waals surface area contributed by atoms with Gasteiger partial charge in [-0.15, -0.1) is 0 Å². The Labute approximate surface area is 179 Å². The van der Waals surface area contributed by atoms with Gasteiger partial charge in [0, 0.05) is 44.8 Å². The number of piperidine rings is 1. The lowest BCUT2D eigenvalue weighted by atomic mass is 9.78. The van der Waals surface area contributed by atoms with Gasteiger partial charge in [0.2, 0.25) is 5.91 Å². The van der Waals surface area contributed by atoms with Crippen LogP contribution in [0, 0.1) is 5.41 Å². The Morgan fingerprint density at radius 2 is 2.20 bits per heavy atom. The molecular weight excluding hydrogens is 376 g/mol. The van der Waals surface area contributed by atoms with Gasteiger partial charge >= 0.3 is 0 Å². The Morgan fingerprint density at radius 3 is 2.93 bits per heavy atom. The van der Waals surface area contributed by atoms with Gasteiger partial charge in [-0.25, -0.2) is 0 Å². The fourth-order valence-corrected chi connectivity index (χ4v) is 4.32. The Bertz CT molecular complexity index is 843. The number of guanidine groups is 1. The molecule has 0 saturated carbocycles. The van der Waals surface area contributed by atoms with Crippen LogP contribution < -0.4 is 10.6 Å². The number of nitrogens with zero attached hydrogens (tertiary/aromatic N) is 4. The first-order chi connectivity index (χ1) is 14.5. The molecular formula is C23H34N6O. The maximum Gasteiger partial charge on any atom is 0.246 e. The first-order valence-electron chi connectivity index (χ1n) is 10.8. The van der Waals surface area contributed by atoms with Crippen LogP contribution in [-0.4, -0.2) is 46.7 Å². The molecule has 0 spiro atoms. The lowest BCUT2D eigenvalue weighted by Crippen LogP contribution is -2.49. The van der Waals surface area contributed by atoms with Gasteiger partial charge in [0.1, 0.15) is 6.54 Å². The zero-order valence-electron chi connectivity index (χ0n) is 18.4. The van der Waals surface area contributed by atoms with E-state index < -0.39 is 0 Å². The number of likely N-dealkylation sites (tertiary alicyclic amines) is 1. The molecule has 2 aromatic rings. The molecule has 3 rings (SSSR count). The number of aromatic nitrogens is 2. The maximum absolute atomic E-state index is 12.2. The molecule has 1 amide bonds. The van der Waals surface area contributed by atoms with Crippen molar-refractivity contribution in [2.24, 2.45) is 10.4 Å². The SMILES string of the molecule is CCCC1(C)CCCN(C(=NC)NCc2cccc(NC(=O)Cn3cccn3)c2)C1. The summed E-state index contributed by atoms with van der Waals surface area (Å²) in [4.78, 5) is 19.1. The van der Waals surface area contributed by atoms with Gasteiger partial charge in [-0.3, -0.25) is 14.5 Å². The summed E-state index contributed by atoms with van der Waals surface area (Å²) in [7, 11) is 1.85. The molecule has 1 aliphatic rings. The van der Waals surface area contributed by atoms with E-state index in [2.05, 4.69) is 45.5 Å². The van der Waals surface area contributed by atoms with Gasteiger partial charge in [0.25, 0.3) is 0 Å². The lowest BCUT2D eigenvalue weighted by molar-refractivity contribution is -0.116. The topological polar surface area (TPSA) is 74.5 Å². The van der Waals surface area contributed by atoms with E-state index in [1.165, 1.54) is 25.7 Å². The first kappa shape index (κ1) is 21.9. The van der Waals surface area contributed by atoms with Gasteiger partial charge in [-0.2, -0.15) is 5.10 Å². The average Bonchev–Trinajstić information content (AvgIpc) is 3.21. The van der Waals surface area contributed by atoms with Crippen molar-refractivity contribution < 1.29 is 4.79 Å². The van der Waals surface area contributed by atoms with Gasteiger partial charge in [-0.05, 0) is 48.4 Å². The Balaban J connectivity index is 1.55. The van der Waals surface area contributed by atoms with Crippen LogP contribution in [0.1, 0.15) is 45.1 Å². The third-order valence-corrected chi connectivity index (χ3v) is 5.67. The third-order valence-electron chi connectivity index (χ3n) is 5.67. The predicted molar refractivity (Wildman–Crippen MR) is 121 cm³/mol. The molecule has 30 heavy (non-hydrogen) atoms. The van der Waals surface area contributed by atoms with Crippen LogP contribution in [0.25, 0.3) is 0 Å². The predicted octanol–water partition coefficient (Wildman–Crippen LogP) is 3.50. The highest BCUT2D eigenvalue weighted by molar-refractivity contribution is 5.90. The van der Waals surface area contributed by atoms with E-state index >= 15 is 0 Å². The van der Waals surface area contributed by atoms with Crippen LogP contribution in [-0.2, 0) is 17.9 Å². The molecule has 162 valence electrons. The van der Waals surface area contributed by atoms with Gasteiger partial charge in [-0.1, -0.05) is 32.4 Å². The van der Waals surface area contributed by atoms with Crippen LogP contribution in [0.2, 0.25) is 0 Å². The molecule has 0 aliphatic carbocycles. The lowest BCUT2D eigenvalue weighted by Gasteiger charge is -2.42. The molecule has 1 aliphatic heterocycles. The second kappa shape index (κ2) is 10.3. The zero-order valence-corrected chi connectivity index (χ0v) is 18.4. The van der Waals surface area contributed by atoms with Crippen molar-refractivity contribution in [3.63, 3.8) is 0 Å². The van der Waals surface area contributed by atoms with E-state index in [1.54, 1.807) is 23.1 Å². The molecule has 1 unspecified atom stereocenters. The minimum absolute atomic E-state index is 0.0943. The summed E-state index contributed by atoms with van der Waals surface area (Å²) in [5, 5.41) is 10.5. The maximum atomic E-state index is 12.2. The molecule has 7 nitrogen and oxygen atoms in total. The van der Waals surface area contributed by atoms with Crippen molar-refractivity contribution >= 4 is 17.6 Å². The summed E-state index contributed by atoms with van der Waals surface area (Å²) >= 11 is 0. The first-order valence-corrected chi connectivity index (χ1v) is 10.8. The largest absolute Gasteiger partial charge is 0.352 e. The molecule has 0 bridgehead atoms. The van der Waals surface area contributed by atoms with Gasteiger partial charge in [0.15, 0.2) is 5.96 Å². The van der Waals surface area contributed by atoms with E-state index in [9.17, 15) is 4.79 Å². The highest BCUT2D eigenvalue weighted by Crippen LogP contribution is 2.33. The molecule has 2 heterocycles. The molecule has 0 radical (unpaired) electrons. The number of hydrogen-bond acceptors (Lipinski definition) is 3. The number of rotatable bonds is 7. The summed E-state index contributed by atoms with van der Waals surface area (Å²) in [6.07, 6.45) is 8.40. The standard InChI is InChI=1S/C23H34N6O/c1-4-10-23(2)11-6-13-28(18-23)22(24-3)25-16-19-8-5-9-20(15-19)27-21(30)17-29-14-7-12-26-29/h5,7-9,12,14-15H,4,6,10-11,13,16-18H2,1-3H3,(H,24,25)(H,27,30). The highest BCUT2D eigenvalue weighted by atomic mass is 16.2. The summed E-state index contributed by atoms with van der Waals surface area (Å²) in [5.74, 6) is 0.855. The third kappa shape index (κ3) is 6.08. The van der Waals surface area contributed by atoms with Crippen molar-refractivity contribution in [1.82, 2.24) is 20.0 Å². The average molecular weight is 411 g/mol. The van der Waals surface area contributed by atoms with Gasteiger partial charge in [0.05, 0.1) is 0 Å². The van der Waals surface area contributed by atoms with E-state index in [-0.39, 0.29) is 12.5 Å². The minimum Gasteiger partial charge on any atom is -0.352 e. The molecule has 1 aromatic heterocycles. The molecule has 7 heteroatoms. The van der Waals surface area contributed by atoms with Crippen LogP contribution >= 0.6 is 0 Å². The Hall–Kier alpha value is -2.83. The summed E-state index contributed by atoms with van der Waals surface area (Å²) in [6.45, 7) is 7.61. The number of hydrogen-bond donors (Lipinski definition) is 2. The molecule has 1 saturated heterocycles. The fraction of sp³-hybridized carbons (Fsp3) is 0.522. The fourth-order valence-electron chi connectivity index (χ4n) is 4.32. The minimum atomic E-state index is -0.0943.